The van der Waals surface area contributed by atoms with Crippen LogP contribution in [-0.2, 0) is 9.59 Å². The highest BCUT2D eigenvalue weighted by molar-refractivity contribution is 6.00. The molecule has 1 heterocycles. The molecular weight excluding hydrogens is 274 g/mol. The van der Waals surface area contributed by atoms with E-state index in [0.717, 1.165) is 29.4 Å². The lowest BCUT2D eigenvalue weighted by molar-refractivity contribution is -0.121. The van der Waals surface area contributed by atoms with E-state index in [2.05, 4.69) is 10.6 Å². The molecule has 112 valence electrons. The van der Waals surface area contributed by atoms with Crippen LogP contribution >= 0.6 is 0 Å². The van der Waals surface area contributed by atoms with Gasteiger partial charge < -0.3 is 27.0 Å². The standard InChI is InChI=1S/C13H17N5O3/c14-11(19)6-18(7-12(15)20)13(21)8-1-2-9-10(5-8)17-4-3-16-9/h1-2,5,16-17H,3-4,6-7H2,(H2,14,19)(H2,15,20). The van der Waals surface area contributed by atoms with Crippen LogP contribution in [0.25, 0.3) is 0 Å². The summed E-state index contributed by atoms with van der Waals surface area (Å²) in [5.74, 6) is -1.88. The Bertz CT molecular complexity index is 571. The third-order valence-corrected chi connectivity index (χ3v) is 3.00. The number of primary amides is 2. The van der Waals surface area contributed by atoms with Gasteiger partial charge in [-0.2, -0.15) is 0 Å². The van der Waals surface area contributed by atoms with Gasteiger partial charge in [-0.3, -0.25) is 14.4 Å². The number of nitrogens with two attached hydrogens (primary N) is 2. The highest BCUT2D eigenvalue weighted by Gasteiger charge is 2.21. The Balaban J connectivity index is 2.23. The van der Waals surface area contributed by atoms with Gasteiger partial charge in [0.05, 0.1) is 11.4 Å². The number of hydrogen-bond donors (Lipinski definition) is 4. The van der Waals surface area contributed by atoms with E-state index in [0.29, 0.717) is 5.56 Å². The molecule has 0 aliphatic carbocycles. The minimum atomic E-state index is -0.706. The molecule has 8 nitrogen and oxygen atoms in total. The van der Waals surface area contributed by atoms with E-state index in [-0.39, 0.29) is 13.1 Å². The van der Waals surface area contributed by atoms with Crippen molar-refractivity contribution in [1.82, 2.24) is 4.90 Å². The van der Waals surface area contributed by atoms with Gasteiger partial charge in [-0.25, -0.2) is 0 Å². The molecular formula is C13H17N5O3. The molecule has 0 aromatic heterocycles. The molecule has 3 amide bonds. The average molecular weight is 291 g/mol. The zero-order valence-corrected chi connectivity index (χ0v) is 11.4. The van der Waals surface area contributed by atoms with Crippen LogP contribution < -0.4 is 22.1 Å². The van der Waals surface area contributed by atoms with Gasteiger partial charge >= 0.3 is 0 Å². The maximum atomic E-state index is 12.4. The summed E-state index contributed by atoms with van der Waals surface area (Å²) in [6.45, 7) is 0.835. The molecule has 0 saturated carbocycles. The van der Waals surface area contributed by atoms with E-state index >= 15 is 0 Å². The lowest BCUT2D eigenvalue weighted by atomic mass is 10.1. The molecule has 0 fully saturated rings. The summed E-state index contributed by atoms with van der Waals surface area (Å²) >= 11 is 0. The zero-order valence-electron chi connectivity index (χ0n) is 11.4. The topological polar surface area (TPSA) is 131 Å². The van der Waals surface area contributed by atoms with Crippen LogP contribution in [0.15, 0.2) is 18.2 Å². The van der Waals surface area contributed by atoms with Gasteiger partial charge in [-0.15, -0.1) is 0 Å². The molecule has 0 saturated heterocycles. The van der Waals surface area contributed by atoms with Gasteiger partial charge in [0.25, 0.3) is 5.91 Å². The predicted octanol–water partition coefficient (Wildman–Crippen LogP) is -1.06. The molecule has 8 heteroatoms. The van der Waals surface area contributed by atoms with Crippen LogP contribution in [0.3, 0.4) is 0 Å². The number of amides is 3. The van der Waals surface area contributed by atoms with E-state index in [1.165, 1.54) is 0 Å². The first-order chi connectivity index (χ1) is 9.97. The summed E-state index contributed by atoms with van der Waals surface area (Å²) in [5, 5.41) is 6.35. The molecule has 1 aliphatic rings. The molecule has 0 atom stereocenters. The number of carbonyl (C=O) groups is 3. The van der Waals surface area contributed by atoms with Gasteiger partial charge in [-0.05, 0) is 18.2 Å². The summed E-state index contributed by atoms with van der Waals surface area (Å²) in [7, 11) is 0. The van der Waals surface area contributed by atoms with Gasteiger partial charge in [0.2, 0.25) is 11.8 Å². The Labute approximate surface area is 121 Å². The zero-order chi connectivity index (χ0) is 15.4. The van der Waals surface area contributed by atoms with Crippen LogP contribution in [0.2, 0.25) is 0 Å². The third-order valence-electron chi connectivity index (χ3n) is 3.00. The molecule has 6 N–H and O–H groups in total. The van der Waals surface area contributed by atoms with Crippen molar-refractivity contribution in [3.63, 3.8) is 0 Å². The van der Waals surface area contributed by atoms with Gasteiger partial charge in [-0.1, -0.05) is 0 Å². The van der Waals surface area contributed by atoms with Crippen LogP contribution in [0.5, 0.6) is 0 Å². The van der Waals surface area contributed by atoms with Crippen molar-refractivity contribution in [2.45, 2.75) is 0 Å². The maximum absolute atomic E-state index is 12.4. The molecule has 2 rings (SSSR count). The van der Waals surface area contributed by atoms with E-state index in [1.54, 1.807) is 18.2 Å². The minimum absolute atomic E-state index is 0.354. The quantitative estimate of drug-likeness (QED) is 0.549. The Hall–Kier alpha value is -2.77. The number of nitrogens with one attached hydrogen (secondary N) is 2. The highest BCUT2D eigenvalue weighted by atomic mass is 16.2. The van der Waals surface area contributed by atoms with Crippen molar-refractivity contribution in [2.24, 2.45) is 11.5 Å². The number of rotatable bonds is 5. The molecule has 0 radical (unpaired) electrons. The number of benzene rings is 1. The summed E-state index contributed by atoms with van der Waals surface area (Å²) < 4.78 is 0. The van der Waals surface area contributed by atoms with Crippen molar-refractivity contribution in [3.05, 3.63) is 23.8 Å². The second-order valence-electron chi connectivity index (χ2n) is 4.71. The second-order valence-corrected chi connectivity index (χ2v) is 4.71. The lowest BCUT2D eigenvalue weighted by Crippen LogP contribution is -2.43. The summed E-state index contributed by atoms with van der Waals surface area (Å²) in [5.41, 5.74) is 12.2. The number of fused-ring (bicyclic) bond motifs is 1. The largest absolute Gasteiger partial charge is 0.382 e. The number of anilines is 2. The summed E-state index contributed by atoms with van der Waals surface area (Å²) in [6, 6.07) is 5.05. The summed E-state index contributed by atoms with van der Waals surface area (Å²) in [6.07, 6.45) is 0. The molecule has 0 bridgehead atoms. The first kappa shape index (κ1) is 14.6. The Morgan fingerprint density at radius 2 is 1.57 bits per heavy atom. The van der Waals surface area contributed by atoms with E-state index < -0.39 is 17.7 Å². The third kappa shape index (κ3) is 3.62. The Morgan fingerprint density at radius 1 is 1.00 bits per heavy atom. The van der Waals surface area contributed by atoms with E-state index in [9.17, 15) is 14.4 Å². The van der Waals surface area contributed by atoms with Crippen LogP contribution in [0.1, 0.15) is 10.4 Å². The van der Waals surface area contributed by atoms with Crippen molar-refractivity contribution < 1.29 is 14.4 Å². The predicted molar refractivity (Wildman–Crippen MR) is 77.7 cm³/mol. The fraction of sp³-hybridized carbons (Fsp3) is 0.308. The van der Waals surface area contributed by atoms with Gasteiger partial charge in [0.1, 0.15) is 13.1 Å². The average Bonchev–Trinajstić information content (AvgIpc) is 2.44. The van der Waals surface area contributed by atoms with Crippen molar-refractivity contribution in [1.29, 1.82) is 0 Å². The fourth-order valence-electron chi connectivity index (χ4n) is 2.13. The van der Waals surface area contributed by atoms with Crippen molar-refractivity contribution in [3.8, 4) is 0 Å². The minimum Gasteiger partial charge on any atom is -0.382 e. The smallest absolute Gasteiger partial charge is 0.254 e. The van der Waals surface area contributed by atoms with Crippen molar-refractivity contribution >= 4 is 29.1 Å². The van der Waals surface area contributed by atoms with Gasteiger partial charge in [0.15, 0.2) is 0 Å². The number of carbonyl (C=O) groups excluding carboxylic acids is 3. The maximum Gasteiger partial charge on any atom is 0.254 e. The lowest BCUT2D eigenvalue weighted by Gasteiger charge is -2.23. The van der Waals surface area contributed by atoms with Crippen LogP contribution in [0, 0.1) is 0 Å². The first-order valence-electron chi connectivity index (χ1n) is 6.45. The SMILES string of the molecule is NC(=O)CN(CC(N)=O)C(=O)c1ccc2c(c1)NCCN2. The second kappa shape index (κ2) is 6.12. The van der Waals surface area contributed by atoms with E-state index in [4.69, 9.17) is 11.5 Å². The monoisotopic (exact) mass is 291 g/mol. The molecule has 1 aliphatic heterocycles. The molecule has 1 aromatic carbocycles. The molecule has 1 aromatic rings. The van der Waals surface area contributed by atoms with Crippen molar-refractivity contribution in [2.75, 3.05) is 36.8 Å². The Morgan fingerprint density at radius 3 is 2.14 bits per heavy atom. The molecule has 0 spiro atoms. The highest BCUT2D eigenvalue weighted by Crippen LogP contribution is 2.25. The molecule has 21 heavy (non-hydrogen) atoms. The first-order valence-corrected chi connectivity index (χ1v) is 6.45. The fourth-order valence-corrected chi connectivity index (χ4v) is 2.13. The van der Waals surface area contributed by atoms with E-state index in [1.807, 2.05) is 0 Å². The van der Waals surface area contributed by atoms with Crippen LogP contribution in [0.4, 0.5) is 11.4 Å². The number of nitrogens with zero attached hydrogens (tertiary/aromatic N) is 1. The van der Waals surface area contributed by atoms with Gasteiger partial charge in [0, 0.05) is 18.7 Å². The molecule has 0 unspecified atom stereocenters. The summed E-state index contributed by atoms with van der Waals surface area (Å²) in [4.78, 5) is 35.4. The number of hydrogen-bond acceptors (Lipinski definition) is 5. The van der Waals surface area contributed by atoms with Crippen LogP contribution in [-0.4, -0.2) is 48.8 Å². The Kier molecular flexibility index (Phi) is 4.27. The normalized spacial score (nSPS) is 12.6.